The molecule has 0 spiro atoms. The van der Waals surface area contributed by atoms with Gasteiger partial charge in [0.25, 0.3) is 0 Å². The molecular weight excluding hydrogens is 342 g/mol. The number of nitrogens with zero attached hydrogens (tertiary/aromatic N) is 1. The van der Waals surface area contributed by atoms with E-state index in [1.165, 1.54) is 0 Å². The summed E-state index contributed by atoms with van der Waals surface area (Å²) in [4.78, 5) is 16.8. The first-order chi connectivity index (χ1) is 13.2. The highest BCUT2D eigenvalue weighted by molar-refractivity contribution is 5.91. The van der Waals surface area contributed by atoms with Gasteiger partial charge in [0, 0.05) is 25.3 Å². The van der Waals surface area contributed by atoms with Gasteiger partial charge in [0.05, 0.1) is 12.6 Å². The van der Waals surface area contributed by atoms with Crippen molar-refractivity contribution in [3.63, 3.8) is 0 Å². The van der Waals surface area contributed by atoms with Crippen LogP contribution in [-0.4, -0.2) is 30.8 Å². The van der Waals surface area contributed by atoms with Crippen LogP contribution in [0.1, 0.15) is 24.3 Å². The highest BCUT2D eigenvalue weighted by atomic mass is 16.5. The topological polar surface area (TPSA) is 76.4 Å². The predicted molar refractivity (Wildman–Crippen MR) is 104 cm³/mol. The Morgan fingerprint density at radius 3 is 2.81 bits per heavy atom. The Morgan fingerprint density at radius 1 is 1.26 bits per heavy atom. The van der Waals surface area contributed by atoms with E-state index in [0.29, 0.717) is 36.1 Å². The predicted octanol–water partition coefficient (Wildman–Crippen LogP) is 3.97. The van der Waals surface area contributed by atoms with Crippen molar-refractivity contribution >= 4 is 22.8 Å². The molecule has 1 fully saturated rings. The number of benzene rings is 2. The molecule has 140 valence electrons. The summed E-state index contributed by atoms with van der Waals surface area (Å²) in [5.74, 6) is 1.18. The third-order valence-corrected chi connectivity index (χ3v) is 4.74. The van der Waals surface area contributed by atoms with Gasteiger partial charge < -0.3 is 19.8 Å². The van der Waals surface area contributed by atoms with E-state index in [-0.39, 0.29) is 12.1 Å². The lowest BCUT2D eigenvalue weighted by Gasteiger charge is -2.17. The molecule has 27 heavy (non-hydrogen) atoms. The van der Waals surface area contributed by atoms with Gasteiger partial charge in [-0.25, -0.2) is 9.78 Å². The number of urea groups is 1. The van der Waals surface area contributed by atoms with Crippen molar-refractivity contribution in [3.8, 4) is 0 Å². The van der Waals surface area contributed by atoms with Crippen LogP contribution in [0.3, 0.4) is 0 Å². The normalized spacial score (nSPS) is 14.9. The van der Waals surface area contributed by atoms with E-state index < -0.39 is 0 Å². The van der Waals surface area contributed by atoms with Crippen LogP contribution < -0.4 is 10.6 Å². The Balaban J connectivity index is 1.42. The Bertz CT molecular complexity index is 919. The van der Waals surface area contributed by atoms with Crippen LogP contribution in [0.4, 0.5) is 10.5 Å². The van der Waals surface area contributed by atoms with E-state index in [1.54, 1.807) is 13.2 Å². The molecule has 0 saturated heterocycles. The molecular formula is C21H23N3O3. The zero-order valence-corrected chi connectivity index (χ0v) is 15.3. The third kappa shape index (κ3) is 4.46. The summed E-state index contributed by atoms with van der Waals surface area (Å²) in [6, 6.07) is 15.4. The van der Waals surface area contributed by atoms with Crippen molar-refractivity contribution < 1.29 is 13.9 Å². The summed E-state index contributed by atoms with van der Waals surface area (Å²) in [6.45, 7) is 0.530. The van der Waals surface area contributed by atoms with Gasteiger partial charge in [0.1, 0.15) is 5.52 Å². The minimum absolute atomic E-state index is 0.0569. The van der Waals surface area contributed by atoms with Crippen molar-refractivity contribution in [3.05, 3.63) is 60.0 Å². The second kappa shape index (κ2) is 7.80. The maximum atomic E-state index is 12.3. The Labute approximate surface area is 157 Å². The number of hydrogen-bond donors (Lipinski definition) is 2. The lowest BCUT2D eigenvalue weighted by Crippen LogP contribution is -2.42. The summed E-state index contributed by atoms with van der Waals surface area (Å²) in [6.07, 6.45) is 2.92. The van der Waals surface area contributed by atoms with Crippen molar-refractivity contribution in [2.45, 2.75) is 25.3 Å². The molecule has 1 aliphatic rings. The molecule has 3 aromatic rings. The van der Waals surface area contributed by atoms with Crippen molar-refractivity contribution in [1.82, 2.24) is 10.3 Å². The second-order valence-electron chi connectivity index (χ2n) is 6.95. The van der Waals surface area contributed by atoms with Crippen LogP contribution in [0.15, 0.2) is 52.9 Å². The fourth-order valence-corrected chi connectivity index (χ4v) is 3.21. The van der Waals surface area contributed by atoms with Gasteiger partial charge in [-0.05, 0) is 36.5 Å². The molecule has 2 aromatic carbocycles. The molecule has 0 radical (unpaired) electrons. The standard InChI is InChI=1S/C21H23N3O3/c1-26-13-18(15-7-8-15)24-21(25)22-16-9-10-17-19(12-16)27-20(23-17)11-14-5-3-2-4-6-14/h2-6,9-10,12,15,18H,7-8,11,13H2,1H3,(H2,22,24,25). The molecule has 0 aliphatic heterocycles. The quantitative estimate of drug-likeness (QED) is 0.664. The van der Waals surface area contributed by atoms with Gasteiger partial charge in [-0.3, -0.25) is 0 Å². The molecule has 4 rings (SSSR count). The van der Waals surface area contributed by atoms with Gasteiger partial charge in [-0.15, -0.1) is 0 Å². The van der Waals surface area contributed by atoms with Crippen LogP contribution >= 0.6 is 0 Å². The van der Waals surface area contributed by atoms with E-state index >= 15 is 0 Å². The molecule has 0 bridgehead atoms. The minimum Gasteiger partial charge on any atom is -0.440 e. The van der Waals surface area contributed by atoms with E-state index in [4.69, 9.17) is 9.15 Å². The fraction of sp³-hybridized carbons (Fsp3) is 0.333. The Morgan fingerprint density at radius 2 is 2.07 bits per heavy atom. The van der Waals surface area contributed by atoms with Crippen LogP contribution in [-0.2, 0) is 11.2 Å². The molecule has 2 N–H and O–H groups in total. The summed E-state index contributed by atoms with van der Waals surface area (Å²) >= 11 is 0. The lowest BCUT2D eigenvalue weighted by molar-refractivity contribution is 0.159. The number of anilines is 1. The average Bonchev–Trinajstić information content (AvgIpc) is 3.43. The van der Waals surface area contributed by atoms with Crippen molar-refractivity contribution in [2.24, 2.45) is 5.92 Å². The third-order valence-electron chi connectivity index (χ3n) is 4.74. The molecule has 1 aliphatic carbocycles. The fourth-order valence-electron chi connectivity index (χ4n) is 3.21. The van der Waals surface area contributed by atoms with Gasteiger partial charge in [-0.2, -0.15) is 0 Å². The van der Waals surface area contributed by atoms with Crippen LogP contribution in [0.2, 0.25) is 0 Å². The SMILES string of the molecule is COCC(NC(=O)Nc1ccc2nc(Cc3ccccc3)oc2c1)C1CC1. The molecule has 6 nitrogen and oxygen atoms in total. The molecule has 1 unspecified atom stereocenters. The van der Waals surface area contributed by atoms with Crippen molar-refractivity contribution in [2.75, 3.05) is 19.0 Å². The van der Waals surface area contributed by atoms with E-state index in [0.717, 1.165) is 23.9 Å². The largest absolute Gasteiger partial charge is 0.440 e. The number of amides is 2. The first-order valence-electron chi connectivity index (χ1n) is 9.21. The van der Waals surface area contributed by atoms with Crippen LogP contribution in [0.5, 0.6) is 0 Å². The lowest BCUT2D eigenvalue weighted by atomic mass is 10.1. The molecule has 6 heteroatoms. The van der Waals surface area contributed by atoms with E-state index in [1.807, 2.05) is 42.5 Å². The number of ether oxygens (including phenoxy) is 1. The summed E-state index contributed by atoms with van der Waals surface area (Å²) in [5.41, 5.74) is 3.26. The summed E-state index contributed by atoms with van der Waals surface area (Å²) in [7, 11) is 1.65. The molecule has 1 heterocycles. The molecule has 2 amide bonds. The number of rotatable bonds is 7. The average molecular weight is 365 g/mol. The summed E-state index contributed by atoms with van der Waals surface area (Å²) in [5, 5.41) is 5.86. The van der Waals surface area contributed by atoms with Crippen LogP contribution in [0, 0.1) is 5.92 Å². The number of carbonyl (C=O) groups excluding carboxylic acids is 1. The monoisotopic (exact) mass is 365 g/mol. The smallest absolute Gasteiger partial charge is 0.319 e. The minimum atomic E-state index is -0.229. The summed E-state index contributed by atoms with van der Waals surface area (Å²) < 4.78 is 11.1. The number of carbonyl (C=O) groups is 1. The number of nitrogens with one attached hydrogen (secondary N) is 2. The van der Waals surface area contributed by atoms with Gasteiger partial charge in [0.2, 0.25) is 0 Å². The van der Waals surface area contributed by atoms with Gasteiger partial charge in [-0.1, -0.05) is 30.3 Å². The van der Waals surface area contributed by atoms with Gasteiger partial charge >= 0.3 is 6.03 Å². The zero-order chi connectivity index (χ0) is 18.6. The molecule has 1 saturated carbocycles. The van der Waals surface area contributed by atoms with E-state index in [9.17, 15) is 4.79 Å². The maximum Gasteiger partial charge on any atom is 0.319 e. The number of oxazole rings is 1. The van der Waals surface area contributed by atoms with E-state index in [2.05, 4.69) is 15.6 Å². The van der Waals surface area contributed by atoms with Crippen LogP contribution in [0.25, 0.3) is 11.1 Å². The van der Waals surface area contributed by atoms with Crippen molar-refractivity contribution in [1.29, 1.82) is 0 Å². The highest BCUT2D eigenvalue weighted by Gasteiger charge is 2.32. The number of methoxy groups -OCH3 is 1. The Hall–Kier alpha value is -2.86. The Kier molecular flexibility index (Phi) is 5.07. The second-order valence-corrected chi connectivity index (χ2v) is 6.95. The number of aromatic nitrogens is 1. The highest BCUT2D eigenvalue weighted by Crippen LogP contribution is 2.32. The first kappa shape index (κ1) is 17.5. The molecule has 1 aromatic heterocycles. The maximum absolute atomic E-state index is 12.3. The molecule has 1 atom stereocenters. The number of fused-ring (bicyclic) bond motifs is 1. The number of hydrogen-bond acceptors (Lipinski definition) is 4. The zero-order valence-electron chi connectivity index (χ0n) is 15.3. The van der Waals surface area contributed by atoms with Gasteiger partial charge in [0.15, 0.2) is 11.5 Å². The first-order valence-corrected chi connectivity index (χ1v) is 9.21.